The zero-order valence-electron chi connectivity index (χ0n) is 12.6. The van der Waals surface area contributed by atoms with Crippen LogP contribution in [-0.4, -0.2) is 24.5 Å². The smallest absolute Gasteiger partial charge is 0.336 e. The number of esters is 1. The summed E-state index contributed by atoms with van der Waals surface area (Å²) in [6.07, 6.45) is 4.12. The van der Waals surface area contributed by atoms with E-state index < -0.39 is 5.97 Å². The van der Waals surface area contributed by atoms with E-state index in [1.165, 1.54) is 19.4 Å². The SMILES string of the molecule is COc1cc(/C=N/O)cc(Br)c1OC(=O)/C=C/c1cccc(Cl)c1. The molecule has 0 saturated heterocycles. The molecule has 0 spiro atoms. The fourth-order valence-electron chi connectivity index (χ4n) is 1.89. The maximum atomic E-state index is 12.0. The zero-order chi connectivity index (χ0) is 17.5. The van der Waals surface area contributed by atoms with Crippen molar-refractivity contribution in [1.82, 2.24) is 0 Å². The molecule has 2 aromatic rings. The van der Waals surface area contributed by atoms with E-state index in [1.54, 1.807) is 36.4 Å². The molecule has 0 aromatic heterocycles. The van der Waals surface area contributed by atoms with Crippen LogP contribution in [0.1, 0.15) is 11.1 Å². The Bertz CT molecular complexity index is 805. The third-order valence-corrected chi connectivity index (χ3v) is 3.75. The quantitative estimate of drug-likeness (QED) is 0.196. The van der Waals surface area contributed by atoms with Gasteiger partial charge in [-0.1, -0.05) is 28.9 Å². The van der Waals surface area contributed by atoms with Crippen LogP contribution in [-0.2, 0) is 4.79 Å². The van der Waals surface area contributed by atoms with Gasteiger partial charge < -0.3 is 14.7 Å². The van der Waals surface area contributed by atoms with E-state index in [1.807, 2.05) is 6.07 Å². The molecule has 0 bridgehead atoms. The molecular formula is C17H13BrClNO4. The van der Waals surface area contributed by atoms with Crippen molar-refractivity contribution in [2.45, 2.75) is 0 Å². The number of hydrogen-bond donors (Lipinski definition) is 1. The summed E-state index contributed by atoms with van der Waals surface area (Å²) in [5.74, 6) is -0.0188. The fourth-order valence-corrected chi connectivity index (χ4v) is 2.63. The Morgan fingerprint density at radius 1 is 1.29 bits per heavy atom. The molecule has 0 amide bonds. The average Bonchev–Trinajstić information content (AvgIpc) is 2.55. The minimum absolute atomic E-state index is 0.230. The van der Waals surface area contributed by atoms with Gasteiger partial charge in [0.15, 0.2) is 11.5 Å². The molecular weight excluding hydrogens is 398 g/mol. The summed E-state index contributed by atoms with van der Waals surface area (Å²) >= 11 is 9.19. The fraction of sp³-hybridized carbons (Fsp3) is 0.0588. The summed E-state index contributed by atoms with van der Waals surface area (Å²) in [5, 5.41) is 12.1. The number of rotatable bonds is 5. The van der Waals surface area contributed by atoms with Crippen molar-refractivity contribution in [3.63, 3.8) is 0 Å². The van der Waals surface area contributed by atoms with Crippen molar-refractivity contribution in [2.24, 2.45) is 5.16 Å². The summed E-state index contributed by atoms with van der Waals surface area (Å²) in [6.45, 7) is 0. The predicted molar refractivity (Wildman–Crippen MR) is 96.2 cm³/mol. The number of carbonyl (C=O) groups is 1. The third-order valence-electron chi connectivity index (χ3n) is 2.92. The Balaban J connectivity index is 2.19. The van der Waals surface area contributed by atoms with Crippen LogP contribution in [0.25, 0.3) is 6.08 Å². The van der Waals surface area contributed by atoms with Gasteiger partial charge in [0, 0.05) is 16.7 Å². The number of halogens is 2. The molecule has 0 heterocycles. The van der Waals surface area contributed by atoms with E-state index in [2.05, 4.69) is 21.1 Å². The molecule has 24 heavy (non-hydrogen) atoms. The molecule has 124 valence electrons. The highest BCUT2D eigenvalue weighted by Gasteiger charge is 2.14. The molecule has 0 saturated carbocycles. The summed E-state index contributed by atoms with van der Waals surface area (Å²) in [4.78, 5) is 12.0. The number of oxime groups is 1. The van der Waals surface area contributed by atoms with Crippen LogP contribution in [0.4, 0.5) is 0 Å². The van der Waals surface area contributed by atoms with Crippen molar-refractivity contribution in [1.29, 1.82) is 0 Å². The molecule has 0 aliphatic heterocycles. The largest absolute Gasteiger partial charge is 0.493 e. The van der Waals surface area contributed by atoms with E-state index in [9.17, 15) is 4.79 Å². The van der Waals surface area contributed by atoms with Gasteiger partial charge >= 0.3 is 5.97 Å². The van der Waals surface area contributed by atoms with Gasteiger partial charge in [0.05, 0.1) is 17.8 Å². The lowest BCUT2D eigenvalue weighted by Gasteiger charge is -2.11. The van der Waals surface area contributed by atoms with Gasteiger partial charge in [-0.3, -0.25) is 0 Å². The van der Waals surface area contributed by atoms with Gasteiger partial charge in [0.1, 0.15) is 0 Å². The van der Waals surface area contributed by atoms with Crippen LogP contribution >= 0.6 is 27.5 Å². The maximum Gasteiger partial charge on any atom is 0.336 e. The molecule has 0 unspecified atom stereocenters. The first-order valence-corrected chi connectivity index (χ1v) is 7.91. The number of benzene rings is 2. The molecule has 0 atom stereocenters. The molecule has 5 nitrogen and oxygen atoms in total. The molecule has 0 radical (unpaired) electrons. The van der Waals surface area contributed by atoms with Crippen molar-refractivity contribution in [3.05, 3.63) is 63.1 Å². The standard InChI is InChI=1S/C17H13BrClNO4/c1-23-15-9-12(10-20-22)8-14(18)17(15)24-16(21)6-5-11-3-2-4-13(19)7-11/h2-10,22H,1H3/b6-5+,20-10+. The van der Waals surface area contributed by atoms with Gasteiger partial charge in [-0.2, -0.15) is 0 Å². The summed E-state index contributed by atoms with van der Waals surface area (Å²) in [7, 11) is 1.45. The Labute approximate surface area is 152 Å². The van der Waals surface area contributed by atoms with Crippen LogP contribution in [0.5, 0.6) is 11.5 Å². The van der Waals surface area contributed by atoms with Gasteiger partial charge in [0.25, 0.3) is 0 Å². The molecule has 0 aliphatic carbocycles. The summed E-state index contributed by atoms with van der Waals surface area (Å²) in [6, 6.07) is 10.3. The van der Waals surface area contributed by atoms with Crippen LogP contribution < -0.4 is 9.47 Å². The van der Waals surface area contributed by atoms with Gasteiger partial charge in [-0.25, -0.2) is 4.79 Å². The van der Waals surface area contributed by atoms with Crippen molar-refractivity contribution in [3.8, 4) is 11.5 Å². The second-order valence-electron chi connectivity index (χ2n) is 4.59. The Hall–Kier alpha value is -2.31. The monoisotopic (exact) mass is 409 g/mol. The molecule has 0 aliphatic rings. The van der Waals surface area contributed by atoms with Crippen molar-refractivity contribution in [2.75, 3.05) is 7.11 Å². The maximum absolute atomic E-state index is 12.0. The Kier molecular flexibility index (Phi) is 6.40. The first-order valence-electron chi connectivity index (χ1n) is 6.74. The molecule has 0 fully saturated rings. The number of nitrogens with zero attached hydrogens (tertiary/aromatic N) is 1. The first kappa shape index (κ1) is 18.0. The van der Waals surface area contributed by atoms with Crippen molar-refractivity contribution < 1.29 is 19.5 Å². The van der Waals surface area contributed by atoms with E-state index >= 15 is 0 Å². The lowest BCUT2D eigenvalue weighted by molar-refractivity contribution is -0.129. The highest BCUT2D eigenvalue weighted by Crippen LogP contribution is 2.36. The molecule has 1 N–H and O–H groups in total. The third kappa shape index (κ3) is 4.84. The molecule has 2 aromatic carbocycles. The van der Waals surface area contributed by atoms with Gasteiger partial charge in [-0.15, -0.1) is 0 Å². The van der Waals surface area contributed by atoms with E-state index in [0.717, 1.165) is 5.56 Å². The Morgan fingerprint density at radius 3 is 2.75 bits per heavy atom. The van der Waals surface area contributed by atoms with Gasteiger partial charge in [0.2, 0.25) is 0 Å². The topological polar surface area (TPSA) is 68.1 Å². The van der Waals surface area contributed by atoms with Gasteiger partial charge in [-0.05, 0) is 51.8 Å². The summed E-state index contributed by atoms with van der Waals surface area (Å²) < 4.78 is 11.0. The predicted octanol–water partition coefficient (Wildman–Crippen LogP) is 4.54. The number of hydrogen-bond acceptors (Lipinski definition) is 5. The lowest BCUT2D eigenvalue weighted by atomic mass is 10.2. The van der Waals surface area contributed by atoms with Crippen molar-refractivity contribution >= 4 is 45.8 Å². The second kappa shape index (κ2) is 8.52. The van der Waals surface area contributed by atoms with Crippen LogP contribution in [0.15, 0.2) is 52.1 Å². The summed E-state index contributed by atoms with van der Waals surface area (Å²) in [5.41, 5.74) is 1.36. The molecule has 2 rings (SSSR count). The number of ether oxygens (including phenoxy) is 2. The van der Waals surface area contributed by atoms with Crippen LogP contribution in [0.3, 0.4) is 0 Å². The molecule has 7 heteroatoms. The lowest BCUT2D eigenvalue weighted by Crippen LogP contribution is -2.06. The first-order chi connectivity index (χ1) is 11.5. The highest BCUT2D eigenvalue weighted by atomic mass is 79.9. The second-order valence-corrected chi connectivity index (χ2v) is 5.88. The Morgan fingerprint density at radius 2 is 2.08 bits per heavy atom. The number of methoxy groups -OCH3 is 1. The van der Waals surface area contributed by atoms with E-state index in [4.69, 9.17) is 26.3 Å². The van der Waals surface area contributed by atoms with Crippen LogP contribution in [0.2, 0.25) is 5.02 Å². The minimum atomic E-state index is -0.572. The highest BCUT2D eigenvalue weighted by molar-refractivity contribution is 9.10. The number of carbonyl (C=O) groups excluding carboxylic acids is 1. The minimum Gasteiger partial charge on any atom is -0.493 e. The average molecular weight is 411 g/mol. The normalized spacial score (nSPS) is 11.1. The van der Waals surface area contributed by atoms with E-state index in [0.29, 0.717) is 20.8 Å². The zero-order valence-corrected chi connectivity index (χ0v) is 14.9. The van der Waals surface area contributed by atoms with Crippen LogP contribution in [0, 0.1) is 0 Å². The van der Waals surface area contributed by atoms with E-state index in [-0.39, 0.29) is 5.75 Å².